The van der Waals surface area contributed by atoms with Gasteiger partial charge in [-0.05, 0) is 18.4 Å². The first-order valence-corrected chi connectivity index (χ1v) is 7.14. The van der Waals surface area contributed by atoms with Crippen molar-refractivity contribution in [2.45, 2.75) is 43.3 Å². The Bertz CT molecular complexity index is 531. The van der Waals surface area contributed by atoms with Crippen molar-refractivity contribution >= 4 is 5.78 Å². The first kappa shape index (κ1) is 11.6. The summed E-state index contributed by atoms with van der Waals surface area (Å²) in [5.74, 6) is -0.138. The number of carbonyl (C=O) groups is 1. The smallest absolute Gasteiger partial charge is 0.169 e. The van der Waals surface area contributed by atoms with Crippen LogP contribution < -0.4 is 0 Å². The number of fused-ring (bicyclic) bond motifs is 2. The molecule has 3 nitrogen and oxygen atoms in total. The number of rotatable bonds is 0. The summed E-state index contributed by atoms with van der Waals surface area (Å²) in [6.45, 7) is 1.37. The third-order valence-corrected chi connectivity index (χ3v) is 4.93. The summed E-state index contributed by atoms with van der Waals surface area (Å²) in [6, 6.07) is 8.08. The highest BCUT2D eigenvalue weighted by molar-refractivity contribution is 6.02. The van der Waals surface area contributed by atoms with Crippen LogP contribution in [0, 0.1) is 0 Å². The Hall–Kier alpha value is -1.19. The van der Waals surface area contributed by atoms with Crippen LogP contribution in [0.4, 0.5) is 0 Å². The minimum atomic E-state index is -0.421. The standard InChI is InChI=1S/C16H18O3/c17-14-10-15(13-5-2-1-4-12(13)14)6-3-7-16(11-15)18-8-9-19-16/h1-2,4-5H,3,6-11H2/t15-/m1/s1. The predicted molar refractivity (Wildman–Crippen MR) is 70.2 cm³/mol. The van der Waals surface area contributed by atoms with Gasteiger partial charge in [0.2, 0.25) is 0 Å². The second-order valence-corrected chi connectivity index (χ2v) is 6.06. The lowest BCUT2D eigenvalue weighted by atomic mass is 9.68. The lowest BCUT2D eigenvalue weighted by Gasteiger charge is -2.43. The topological polar surface area (TPSA) is 35.5 Å². The monoisotopic (exact) mass is 258 g/mol. The molecule has 0 unspecified atom stereocenters. The first-order valence-electron chi connectivity index (χ1n) is 7.14. The van der Waals surface area contributed by atoms with Crippen LogP contribution in [0.5, 0.6) is 0 Å². The van der Waals surface area contributed by atoms with E-state index >= 15 is 0 Å². The molecule has 1 saturated carbocycles. The maximum Gasteiger partial charge on any atom is 0.169 e. The van der Waals surface area contributed by atoms with Gasteiger partial charge in [0.1, 0.15) is 0 Å². The third kappa shape index (κ3) is 1.61. The van der Waals surface area contributed by atoms with E-state index in [0.29, 0.717) is 19.6 Å². The van der Waals surface area contributed by atoms with Crippen LogP contribution in [0.3, 0.4) is 0 Å². The van der Waals surface area contributed by atoms with Gasteiger partial charge >= 0.3 is 0 Å². The Kier molecular flexibility index (Phi) is 2.39. The minimum absolute atomic E-state index is 0.0454. The highest BCUT2D eigenvalue weighted by Crippen LogP contribution is 2.53. The van der Waals surface area contributed by atoms with E-state index in [0.717, 1.165) is 31.2 Å². The van der Waals surface area contributed by atoms with E-state index < -0.39 is 5.79 Å². The van der Waals surface area contributed by atoms with Crippen molar-refractivity contribution in [1.29, 1.82) is 0 Å². The van der Waals surface area contributed by atoms with Gasteiger partial charge in [0, 0.05) is 30.2 Å². The van der Waals surface area contributed by atoms with Crippen LogP contribution >= 0.6 is 0 Å². The fourth-order valence-corrected chi connectivity index (χ4v) is 4.20. The third-order valence-electron chi connectivity index (χ3n) is 4.93. The van der Waals surface area contributed by atoms with Crippen molar-refractivity contribution in [3.63, 3.8) is 0 Å². The highest BCUT2D eigenvalue weighted by Gasteiger charge is 2.53. The number of hydrogen-bond donors (Lipinski definition) is 0. The number of carbonyl (C=O) groups excluding carboxylic acids is 1. The fourth-order valence-electron chi connectivity index (χ4n) is 4.20. The van der Waals surface area contributed by atoms with Gasteiger partial charge in [0.25, 0.3) is 0 Å². The SMILES string of the molecule is O=C1C[C@@]2(CCCC3(C2)OCCO3)c2ccccc21. The van der Waals surface area contributed by atoms with Crippen molar-refractivity contribution < 1.29 is 14.3 Å². The van der Waals surface area contributed by atoms with Crippen molar-refractivity contribution in [2.75, 3.05) is 13.2 Å². The van der Waals surface area contributed by atoms with Gasteiger partial charge in [-0.15, -0.1) is 0 Å². The molecular formula is C16H18O3. The van der Waals surface area contributed by atoms with Crippen LogP contribution in [0.2, 0.25) is 0 Å². The van der Waals surface area contributed by atoms with Crippen LogP contribution in [0.25, 0.3) is 0 Å². The number of benzene rings is 1. The van der Waals surface area contributed by atoms with Crippen molar-refractivity contribution in [2.24, 2.45) is 0 Å². The second kappa shape index (κ2) is 3.90. The van der Waals surface area contributed by atoms with Gasteiger partial charge in [0.15, 0.2) is 11.6 Å². The number of hydrogen-bond acceptors (Lipinski definition) is 3. The molecule has 19 heavy (non-hydrogen) atoms. The molecule has 3 heteroatoms. The zero-order valence-electron chi connectivity index (χ0n) is 11.0. The molecule has 1 saturated heterocycles. The lowest BCUT2D eigenvalue weighted by Crippen LogP contribution is -2.44. The van der Waals surface area contributed by atoms with Gasteiger partial charge in [-0.25, -0.2) is 0 Å². The van der Waals surface area contributed by atoms with Gasteiger partial charge in [-0.1, -0.05) is 24.3 Å². The summed E-state index contributed by atoms with van der Waals surface area (Å²) < 4.78 is 11.8. The van der Waals surface area contributed by atoms with E-state index in [-0.39, 0.29) is 11.2 Å². The van der Waals surface area contributed by atoms with E-state index in [4.69, 9.17) is 9.47 Å². The van der Waals surface area contributed by atoms with E-state index in [2.05, 4.69) is 6.07 Å². The van der Waals surface area contributed by atoms with E-state index in [1.807, 2.05) is 18.2 Å². The summed E-state index contributed by atoms with van der Waals surface area (Å²) >= 11 is 0. The van der Waals surface area contributed by atoms with Crippen molar-refractivity contribution in [1.82, 2.24) is 0 Å². The molecule has 100 valence electrons. The molecule has 1 heterocycles. The normalized spacial score (nSPS) is 32.1. The highest BCUT2D eigenvalue weighted by atomic mass is 16.7. The fraction of sp³-hybridized carbons (Fsp3) is 0.562. The molecule has 1 aliphatic heterocycles. The Labute approximate surface area is 112 Å². The molecule has 2 aliphatic carbocycles. The Balaban J connectivity index is 1.77. The summed E-state index contributed by atoms with van der Waals surface area (Å²) in [4.78, 5) is 12.3. The van der Waals surface area contributed by atoms with Gasteiger partial charge in [0.05, 0.1) is 13.2 Å². The van der Waals surface area contributed by atoms with E-state index in [1.54, 1.807) is 0 Å². The number of ether oxygens (including phenoxy) is 2. The summed E-state index contributed by atoms with van der Waals surface area (Å²) in [6.07, 6.45) is 4.57. The maximum atomic E-state index is 12.3. The number of ketones is 1. The molecule has 1 atom stereocenters. The maximum absolute atomic E-state index is 12.3. The van der Waals surface area contributed by atoms with Gasteiger partial charge < -0.3 is 9.47 Å². The Morgan fingerprint density at radius 1 is 1.05 bits per heavy atom. The average Bonchev–Trinajstić information content (AvgIpc) is 2.96. The zero-order chi connectivity index (χ0) is 12.9. The molecule has 0 amide bonds. The Morgan fingerprint density at radius 3 is 2.68 bits per heavy atom. The summed E-state index contributed by atoms with van der Waals surface area (Å²) in [5.41, 5.74) is 2.09. The predicted octanol–water partition coefficient (Wildman–Crippen LogP) is 2.83. The summed E-state index contributed by atoms with van der Waals surface area (Å²) in [7, 11) is 0. The largest absolute Gasteiger partial charge is 0.348 e. The molecule has 0 N–H and O–H groups in total. The van der Waals surface area contributed by atoms with Crippen LogP contribution in [0.15, 0.2) is 24.3 Å². The Morgan fingerprint density at radius 2 is 1.84 bits per heavy atom. The minimum Gasteiger partial charge on any atom is -0.348 e. The molecule has 0 aromatic heterocycles. The second-order valence-electron chi connectivity index (χ2n) is 6.06. The molecular weight excluding hydrogens is 240 g/mol. The average molecular weight is 258 g/mol. The van der Waals surface area contributed by atoms with E-state index in [9.17, 15) is 4.79 Å². The quantitative estimate of drug-likeness (QED) is 0.718. The molecule has 2 spiro atoms. The lowest BCUT2D eigenvalue weighted by molar-refractivity contribution is -0.190. The molecule has 2 fully saturated rings. The van der Waals surface area contributed by atoms with Crippen LogP contribution in [-0.2, 0) is 14.9 Å². The van der Waals surface area contributed by atoms with Gasteiger partial charge in [-0.2, -0.15) is 0 Å². The van der Waals surface area contributed by atoms with Crippen molar-refractivity contribution in [3.05, 3.63) is 35.4 Å². The van der Waals surface area contributed by atoms with Gasteiger partial charge in [-0.3, -0.25) is 4.79 Å². The van der Waals surface area contributed by atoms with Crippen LogP contribution in [0.1, 0.15) is 48.0 Å². The summed E-state index contributed by atoms with van der Waals surface area (Å²) in [5, 5.41) is 0. The molecule has 0 radical (unpaired) electrons. The first-order chi connectivity index (χ1) is 9.23. The molecule has 3 aliphatic rings. The number of Topliss-reactive ketones (excluding diaryl/α,β-unsaturated/α-hetero) is 1. The van der Waals surface area contributed by atoms with Crippen molar-refractivity contribution in [3.8, 4) is 0 Å². The zero-order valence-corrected chi connectivity index (χ0v) is 11.0. The molecule has 0 bridgehead atoms. The molecule has 1 aromatic carbocycles. The molecule has 4 rings (SSSR count). The van der Waals surface area contributed by atoms with E-state index in [1.165, 1.54) is 5.56 Å². The molecule has 1 aromatic rings. The van der Waals surface area contributed by atoms with Crippen LogP contribution in [-0.4, -0.2) is 24.8 Å².